The molecule has 68 valence electrons. The zero-order chi connectivity index (χ0) is 9.42. The van der Waals surface area contributed by atoms with Gasteiger partial charge in [0.25, 0.3) is 0 Å². The number of hydrogen-bond acceptors (Lipinski definition) is 3. The molecular formula is C9H8ClNO2. The van der Waals surface area contributed by atoms with Gasteiger partial charge in [0.2, 0.25) is 0 Å². The predicted octanol–water partition coefficient (Wildman–Crippen LogP) is 1.16. The molecule has 2 rings (SSSR count). The fourth-order valence-electron chi connectivity index (χ4n) is 1.31. The van der Waals surface area contributed by atoms with Gasteiger partial charge in [0.05, 0.1) is 5.69 Å². The molecule has 0 aliphatic heterocycles. The predicted molar refractivity (Wildman–Crippen MR) is 49.2 cm³/mol. The number of aromatic nitrogens is 1. The molecule has 13 heavy (non-hydrogen) atoms. The van der Waals surface area contributed by atoms with Gasteiger partial charge in [0.1, 0.15) is 17.4 Å². The van der Waals surface area contributed by atoms with E-state index in [0.29, 0.717) is 10.8 Å². The van der Waals surface area contributed by atoms with Crippen LogP contribution in [0.3, 0.4) is 0 Å². The maximum Gasteiger partial charge on any atom is 0.129 e. The van der Waals surface area contributed by atoms with Gasteiger partial charge in [-0.3, -0.25) is 0 Å². The maximum absolute atomic E-state index is 9.53. The second-order valence-corrected chi connectivity index (χ2v) is 3.29. The average Bonchev–Trinajstić information content (AvgIpc) is 2.12. The van der Waals surface area contributed by atoms with Crippen LogP contribution in [0.5, 0.6) is 0 Å². The van der Waals surface area contributed by atoms with Crippen LogP contribution < -0.4 is 0 Å². The Balaban J connectivity index is 2.54. The van der Waals surface area contributed by atoms with Gasteiger partial charge in [-0.2, -0.15) is 0 Å². The molecule has 3 nitrogen and oxygen atoms in total. The Hall–Kier alpha value is -0.900. The summed E-state index contributed by atoms with van der Waals surface area (Å²) in [5.74, 6) is 0. The molecule has 0 spiro atoms. The Bertz CT molecular complexity index is 365. The molecule has 1 aromatic heterocycles. The van der Waals surface area contributed by atoms with Gasteiger partial charge < -0.3 is 10.2 Å². The van der Waals surface area contributed by atoms with Crippen molar-refractivity contribution < 1.29 is 10.2 Å². The highest BCUT2D eigenvalue weighted by Gasteiger charge is 2.23. The van der Waals surface area contributed by atoms with E-state index in [1.165, 1.54) is 6.08 Å². The van der Waals surface area contributed by atoms with Crippen molar-refractivity contribution in [3.63, 3.8) is 0 Å². The lowest BCUT2D eigenvalue weighted by molar-refractivity contribution is 0.0440. The van der Waals surface area contributed by atoms with Crippen LogP contribution in [0.4, 0.5) is 0 Å². The van der Waals surface area contributed by atoms with Crippen LogP contribution in [0.1, 0.15) is 17.4 Å². The van der Waals surface area contributed by atoms with Crippen molar-refractivity contribution in [1.29, 1.82) is 0 Å². The lowest BCUT2D eigenvalue weighted by atomic mass is 9.98. The van der Waals surface area contributed by atoms with Gasteiger partial charge in [-0.05, 0) is 11.6 Å². The SMILES string of the molecule is O[C@@H]1C=Cc2ccc(Cl)nc2[C@@H]1O. The number of pyridine rings is 1. The summed E-state index contributed by atoms with van der Waals surface area (Å²) in [5.41, 5.74) is 1.23. The number of hydrogen-bond donors (Lipinski definition) is 2. The summed E-state index contributed by atoms with van der Waals surface area (Å²) in [6.45, 7) is 0. The summed E-state index contributed by atoms with van der Waals surface area (Å²) in [4.78, 5) is 3.95. The van der Waals surface area contributed by atoms with Gasteiger partial charge in [0.15, 0.2) is 0 Å². The van der Waals surface area contributed by atoms with Crippen molar-refractivity contribution in [2.45, 2.75) is 12.2 Å². The lowest BCUT2D eigenvalue weighted by Crippen LogP contribution is -2.20. The summed E-state index contributed by atoms with van der Waals surface area (Å²) < 4.78 is 0. The van der Waals surface area contributed by atoms with E-state index in [9.17, 15) is 10.2 Å². The van der Waals surface area contributed by atoms with Gasteiger partial charge in [0, 0.05) is 0 Å². The van der Waals surface area contributed by atoms with Crippen LogP contribution in [-0.2, 0) is 0 Å². The molecule has 2 atom stereocenters. The Kier molecular flexibility index (Phi) is 2.07. The van der Waals surface area contributed by atoms with Crippen LogP contribution in [0.15, 0.2) is 18.2 Å². The molecule has 1 aliphatic carbocycles. The molecule has 0 saturated heterocycles. The topological polar surface area (TPSA) is 53.4 Å². The summed E-state index contributed by atoms with van der Waals surface area (Å²) >= 11 is 5.66. The number of aliphatic hydroxyl groups excluding tert-OH is 2. The van der Waals surface area contributed by atoms with Gasteiger partial charge in [-0.15, -0.1) is 0 Å². The van der Waals surface area contributed by atoms with Crippen molar-refractivity contribution in [2.24, 2.45) is 0 Å². The molecule has 4 heteroatoms. The van der Waals surface area contributed by atoms with E-state index in [2.05, 4.69) is 4.98 Å². The lowest BCUT2D eigenvalue weighted by Gasteiger charge is -2.20. The number of aliphatic hydroxyl groups is 2. The van der Waals surface area contributed by atoms with Gasteiger partial charge >= 0.3 is 0 Å². The second kappa shape index (κ2) is 3.10. The number of nitrogens with zero attached hydrogens (tertiary/aromatic N) is 1. The summed E-state index contributed by atoms with van der Waals surface area (Å²) in [5, 5.41) is 19.1. The highest BCUT2D eigenvalue weighted by Crippen LogP contribution is 2.27. The molecule has 0 saturated carbocycles. The van der Waals surface area contributed by atoms with E-state index in [1.54, 1.807) is 18.2 Å². The summed E-state index contributed by atoms with van der Waals surface area (Å²) in [6, 6.07) is 3.41. The second-order valence-electron chi connectivity index (χ2n) is 2.90. The maximum atomic E-state index is 9.53. The molecule has 0 fully saturated rings. The molecular weight excluding hydrogens is 190 g/mol. The Labute approximate surface area is 80.3 Å². The van der Waals surface area contributed by atoms with Crippen LogP contribution >= 0.6 is 11.6 Å². The van der Waals surface area contributed by atoms with Crippen LogP contribution in [-0.4, -0.2) is 21.3 Å². The molecule has 0 amide bonds. The monoisotopic (exact) mass is 197 g/mol. The molecule has 1 aromatic rings. The first-order valence-electron chi connectivity index (χ1n) is 3.89. The Morgan fingerprint density at radius 2 is 2.08 bits per heavy atom. The minimum atomic E-state index is -0.973. The molecule has 0 radical (unpaired) electrons. The van der Waals surface area contributed by atoms with E-state index < -0.39 is 12.2 Å². The van der Waals surface area contributed by atoms with E-state index in [1.807, 2.05) is 0 Å². The fourth-order valence-corrected chi connectivity index (χ4v) is 1.46. The van der Waals surface area contributed by atoms with E-state index in [-0.39, 0.29) is 0 Å². The van der Waals surface area contributed by atoms with Gasteiger partial charge in [-0.1, -0.05) is 29.8 Å². The van der Waals surface area contributed by atoms with Crippen LogP contribution in [0.25, 0.3) is 6.08 Å². The molecule has 2 N–H and O–H groups in total. The van der Waals surface area contributed by atoms with Crippen LogP contribution in [0.2, 0.25) is 5.15 Å². The first-order chi connectivity index (χ1) is 6.18. The summed E-state index contributed by atoms with van der Waals surface area (Å²) in [6.07, 6.45) is 1.38. The van der Waals surface area contributed by atoms with Crippen molar-refractivity contribution in [3.8, 4) is 0 Å². The largest absolute Gasteiger partial charge is 0.386 e. The first-order valence-corrected chi connectivity index (χ1v) is 4.27. The minimum Gasteiger partial charge on any atom is -0.386 e. The normalized spacial score (nSPS) is 25.8. The molecule has 0 aromatic carbocycles. The van der Waals surface area contributed by atoms with E-state index in [4.69, 9.17) is 11.6 Å². The average molecular weight is 198 g/mol. The van der Waals surface area contributed by atoms with E-state index in [0.717, 1.165) is 5.56 Å². The van der Waals surface area contributed by atoms with E-state index >= 15 is 0 Å². The number of fused-ring (bicyclic) bond motifs is 1. The zero-order valence-electron chi connectivity index (χ0n) is 6.68. The number of rotatable bonds is 0. The Morgan fingerprint density at radius 1 is 1.31 bits per heavy atom. The zero-order valence-corrected chi connectivity index (χ0v) is 7.44. The van der Waals surface area contributed by atoms with Gasteiger partial charge in [-0.25, -0.2) is 4.98 Å². The van der Waals surface area contributed by atoms with Crippen molar-refractivity contribution in [1.82, 2.24) is 4.98 Å². The minimum absolute atomic E-state index is 0.320. The van der Waals surface area contributed by atoms with Crippen molar-refractivity contribution in [3.05, 3.63) is 34.6 Å². The highest BCUT2D eigenvalue weighted by atomic mass is 35.5. The molecule has 0 unspecified atom stereocenters. The van der Waals surface area contributed by atoms with Crippen LogP contribution in [0, 0.1) is 0 Å². The third-order valence-electron chi connectivity index (χ3n) is 2.00. The highest BCUT2D eigenvalue weighted by molar-refractivity contribution is 6.29. The first kappa shape index (κ1) is 8.69. The third kappa shape index (κ3) is 1.46. The van der Waals surface area contributed by atoms with Crippen molar-refractivity contribution in [2.75, 3.05) is 0 Å². The molecule has 0 bridgehead atoms. The molecule has 1 heterocycles. The number of halogens is 1. The third-order valence-corrected chi connectivity index (χ3v) is 2.21. The quantitative estimate of drug-likeness (QED) is 0.614. The fraction of sp³-hybridized carbons (Fsp3) is 0.222. The summed E-state index contributed by atoms with van der Waals surface area (Å²) in [7, 11) is 0. The Morgan fingerprint density at radius 3 is 2.85 bits per heavy atom. The van der Waals surface area contributed by atoms with Crippen molar-refractivity contribution >= 4 is 17.7 Å². The standard InChI is InChI=1S/C9H8ClNO2/c10-7-4-2-5-1-3-6(12)9(13)8(5)11-7/h1-4,6,9,12-13H/t6-,9-/m1/s1. The molecule has 1 aliphatic rings. The smallest absolute Gasteiger partial charge is 0.129 e.